The summed E-state index contributed by atoms with van der Waals surface area (Å²) in [6.07, 6.45) is 0.658. The number of methoxy groups -OCH3 is 1. The fourth-order valence-electron chi connectivity index (χ4n) is 2.55. The molecule has 0 saturated carbocycles. The highest BCUT2D eigenvalue weighted by atomic mass is 16.6. The summed E-state index contributed by atoms with van der Waals surface area (Å²) in [7, 11) is 1.30. The third-order valence-electron chi connectivity index (χ3n) is 3.86. The third kappa shape index (κ3) is 4.49. The van der Waals surface area contributed by atoms with E-state index in [1.54, 1.807) is 12.1 Å². The predicted molar refractivity (Wildman–Crippen MR) is 81.8 cm³/mol. The van der Waals surface area contributed by atoms with Crippen molar-refractivity contribution in [3.63, 3.8) is 0 Å². The number of rotatable bonds is 6. The fraction of sp³-hybridized carbons (Fsp3) is 0.467. The minimum Gasteiger partial charge on any atom is -0.469 e. The predicted octanol–water partition coefficient (Wildman–Crippen LogP) is 0.501. The van der Waals surface area contributed by atoms with Gasteiger partial charge >= 0.3 is 5.97 Å². The second-order valence-corrected chi connectivity index (χ2v) is 5.30. The first-order valence-electron chi connectivity index (χ1n) is 7.33. The van der Waals surface area contributed by atoms with E-state index in [9.17, 15) is 19.7 Å². The van der Waals surface area contributed by atoms with Crippen molar-refractivity contribution in [1.29, 1.82) is 0 Å². The van der Waals surface area contributed by atoms with Crippen LogP contribution >= 0.6 is 0 Å². The van der Waals surface area contributed by atoms with Crippen LogP contribution < -0.4 is 5.32 Å². The van der Waals surface area contributed by atoms with Gasteiger partial charge in [-0.2, -0.15) is 0 Å². The molecule has 1 aliphatic rings. The van der Waals surface area contributed by atoms with E-state index in [1.165, 1.54) is 19.2 Å². The van der Waals surface area contributed by atoms with Crippen molar-refractivity contribution < 1.29 is 19.2 Å². The Labute approximate surface area is 133 Å². The monoisotopic (exact) mass is 321 g/mol. The molecule has 1 unspecified atom stereocenters. The van der Waals surface area contributed by atoms with Crippen molar-refractivity contribution in [3.05, 3.63) is 39.9 Å². The van der Waals surface area contributed by atoms with E-state index >= 15 is 0 Å². The van der Waals surface area contributed by atoms with Gasteiger partial charge in [0.05, 0.1) is 24.5 Å². The molecule has 2 rings (SSSR count). The number of nitrogens with zero attached hydrogens (tertiary/aromatic N) is 2. The first kappa shape index (κ1) is 16.9. The number of hydrogen-bond acceptors (Lipinski definition) is 6. The molecule has 1 aliphatic heterocycles. The largest absolute Gasteiger partial charge is 0.469 e. The number of benzene rings is 1. The Morgan fingerprint density at radius 2 is 2.13 bits per heavy atom. The molecule has 1 N–H and O–H groups in total. The molecule has 0 radical (unpaired) electrons. The van der Waals surface area contributed by atoms with Crippen LogP contribution in [0, 0.1) is 10.1 Å². The Morgan fingerprint density at radius 1 is 1.43 bits per heavy atom. The first-order valence-corrected chi connectivity index (χ1v) is 7.33. The Morgan fingerprint density at radius 3 is 2.74 bits per heavy atom. The summed E-state index contributed by atoms with van der Waals surface area (Å²) in [6.45, 7) is 1.78. The van der Waals surface area contributed by atoms with Gasteiger partial charge in [0, 0.05) is 31.8 Å². The summed E-state index contributed by atoms with van der Waals surface area (Å²) in [5, 5.41) is 13.4. The normalized spacial score (nSPS) is 18.3. The highest BCUT2D eigenvalue weighted by Crippen LogP contribution is 2.15. The molecule has 124 valence electrons. The molecule has 0 aliphatic carbocycles. The van der Waals surface area contributed by atoms with Gasteiger partial charge in [-0.25, -0.2) is 0 Å². The number of carbonyl (C=O) groups excluding carboxylic acids is 2. The van der Waals surface area contributed by atoms with Crippen LogP contribution in [0.25, 0.3) is 0 Å². The van der Waals surface area contributed by atoms with Crippen molar-refractivity contribution in [2.75, 3.05) is 26.7 Å². The maximum absolute atomic E-state index is 12.0. The van der Waals surface area contributed by atoms with Crippen LogP contribution in [-0.2, 0) is 20.7 Å². The minimum atomic E-state index is -0.533. The molecule has 1 fully saturated rings. The molecule has 0 aromatic heterocycles. The van der Waals surface area contributed by atoms with Gasteiger partial charge in [-0.3, -0.25) is 24.6 Å². The second-order valence-electron chi connectivity index (χ2n) is 5.30. The molecule has 1 aromatic carbocycles. The maximum Gasteiger partial charge on any atom is 0.307 e. The van der Waals surface area contributed by atoms with Gasteiger partial charge in [0.15, 0.2) is 0 Å². The Balaban J connectivity index is 1.97. The zero-order valence-electron chi connectivity index (χ0n) is 12.9. The lowest BCUT2D eigenvalue weighted by Gasteiger charge is -2.34. The Bertz CT molecular complexity index is 587. The van der Waals surface area contributed by atoms with E-state index in [1.807, 2.05) is 4.90 Å². The van der Waals surface area contributed by atoms with Gasteiger partial charge in [-0.15, -0.1) is 0 Å². The van der Waals surface area contributed by atoms with Crippen LogP contribution in [0.3, 0.4) is 0 Å². The second kappa shape index (κ2) is 7.68. The molecule has 1 heterocycles. The minimum absolute atomic E-state index is 0.0165. The topological polar surface area (TPSA) is 102 Å². The number of ether oxygens (including phenoxy) is 1. The van der Waals surface area contributed by atoms with Crippen molar-refractivity contribution in [1.82, 2.24) is 10.2 Å². The van der Waals surface area contributed by atoms with Crippen molar-refractivity contribution in [3.8, 4) is 0 Å². The third-order valence-corrected chi connectivity index (χ3v) is 3.86. The molecular weight excluding hydrogens is 302 g/mol. The molecule has 8 heteroatoms. The lowest BCUT2D eigenvalue weighted by molar-refractivity contribution is -0.384. The molecule has 0 bridgehead atoms. The number of esters is 1. The fourth-order valence-corrected chi connectivity index (χ4v) is 2.55. The quantitative estimate of drug-likeness (QED) is 0.465. The summed E-state index contributed by atoms with van der Waals surface area (Å²) in [5.74, 6) is -0.599. The smallest absolute Gasteiger partial charge is 0.307 e. The lowest BCUT2D eigenvalue weighted by atomic mass is 10.1. The number of piperazine rings is 1. The summed E-state index contributed by atoms with van der Waals surface area (Å²) < 4.78 is 4.64. The SMILES string of the molecule is COC(=O)CC1C(=O)NCCN1CCc1ccc([N+](=O)[O-])cc1. The number of nitro benzene ring substituents is 1. The number of nitrogens with one attached hydrogen (secondary N) is 1. The molecule has 8 nitrogen and oxygen atoms in total. The molecule has 1 atom stereocenters. The Kier molecular flexibility index (Phi) is 5.64. The zero-order chi connectivity index (χ0) is 16.8. The van der Waals surface area contributed by atoms with Crippen LogP contribution in [0.5, 0.6) is 0 Å². The van der Waals surface area contributed by atoms with Crippen molar-refractivity contribution >= 4 is 17.6 Å². The van der Waals surface area contributed by atoms with Crippen molar-refractivity contribution in [2.24, 2.45) is 0 Å². The molecule has 1 aromatic rings. The number of nitro groups is 1. The molecule has 1 amide bonds. The van der Waals surface area contributed by atoms with E-state index in [2.05, 4.69) is 10.1 Å². The lowest BCUT2D eigenvalue weighted by Crippen LogP contribution is -2.56. The molecular formula is C15H19N3O5. The average molecular weight is 321 g/mol. The number of carbonyl (C=O) groups is 2. The summed E-state index contributed by atoms with van der Waals surface area (Å²) in [6, 6.07) is 5.80. The average Bonchev–Trinajstić information content (AvgIpc) is 2.55. The summed E-state index contributed by atoms with van der Waals surface area (Å²) in [4.78, 5) is 35.5. The van der Waals surface area contributed by atoms with Gasteiger partial charge in [-0.05, 0) is 12.0 Å². The molecule has 0 spiro atoms. The number of hydrogen-bond donors (Lipinski definition) is 1. The van der Waals surface area contributed by atoms with Gasteiger partial charge in [0.25, 0.3) is 5.69 Å². The van der Waals surface area contributed by atoms with E-state index in [0.717, 1.165) is 5.56 Å². The molecule has 1 saturated heterocycles. The number of amides is 1. The Hall–Kier alpha value is -2.48. The standard InChI is InChI=1S/C15H19N3O5/c1-23-14(19)10-13-15(20)16-7-9-17(13)8-6-11-2-4-12(5-3-11)18(21)22/h2-5,13H,6-10H2,1H3,(H,16,20). The zero-order valence-corrected chi connectivity index (χ0v) is 12.9. The van der Waals surface area contributed by atoms with Gasteiger partial charge in [-0.1, -0.05) is 12.1 Å². The first-order chi connectivity index (χ1) is 11.0. The van der Waals surface area contributed by atoms with Crippen LogP contribution in [0.4, 0.5) is 5.69 Å². The van der Waals surface area contributed by atoms with Gasteiger partial charge in [0.1, 0.15) is 0 Å². The summed E-state index contributed by atoms with van der Waals surface area (Å²) in [5.41, 5.74) is 0.994. The highest BCUT2D eigenvalue weighted by molar-refractivity contribution is 5.87. The van der Waals surface area contributed by atoms with E-state index in [4.69, 9.17) is 0 Å². The molecule has 23 heavy (non-hydrogen) atoms. The van der Waals surface area contributed by atoms with Crippen LogP contribution in [0.15, 0.2) is 24.3 Å². The highest BCUT2D eigenvalue weighted by Gasteiger charge is 2.31. The number of non-ortho nitro benzene ring substituents is 1. The van der Waals surface area contributed by atoms with Crippen LogP contribution in [0.1, 0.15) is 12.0 Å². The van der Waals surface area contributed by atoms with E-state index < -0.39 is 16.9 Å². The summed E-state index contributed by atoms with van der Waals surface area (Å²) >= 11 is 0. The van der Waals surface area contributed by atoms with Gasteiger partial charge in [0.2, 0.25) is 5.91 Å². The van der Waals surface area contributed by atoms with Crippen LogP contribution in [-0.4, -0.2) is 54.5 Å². The van der Waals surface area contributed by atoms with Crippen molar-refractivity contribution in [2.45, 2.75) is 18.9 Å². The van der Waals surface area contributed by atoms with E-state index in [-0.39, 0.29) is 18.0 Å². The van der Waals surface area contributed by atoms with E-state index in [0.29, 0.717) is 26.1 Å². The maximum atomic E-state index is 12.0. The van der Waals surface area contributed by atoms with Gasteiger partial charge < -0.3 is 10.1 Å². The van der Waals surface area contributed by atoms with Crippen LogP contribution in [0.2, 0.25) is 0 Å².